The Kier molecular flexibility index (Phi) is 3.83. The van der Waals surface area contributed by atoms with E-state index in [1.807, 2.05) is 33.8 Å². The summed E-state index contributed by atoms with van der Waals surface area (Å²) < 4.78 is 5.31. The third-order valence-corrected chi connectivity index (χ3v) is 3.06. The van der Waals surface area contributed by atoms with Gasteiger partial charge in [0.1, 0.15) is 5.60 Å². The molecule has 1 aromatic heterocycles. The number of amides is 1. The summed E-state index contributed by atoms with van der Waals surface area (Å²) in [4.78, 5) is 11.9. The summed E-state index contributed by atoms with van der Waals surface area (Å²) in [5.74, 6) is 0.712. The Morgan fingerprint density at radius 3 is 2.74 bits per heavy atom. The zero-order valence-electron chi connectivity index (χ0n) is 12.1. The van der Waals surface area contributed by atoms with Gasteiger partial charge >= 0.3 is 6.09 Å². The number of hydrogen-bond acceptors (Lipinski definition) is 3. The SMILES string of the molecule is Cc1cc([C@H](CC2CC2)NC(=O)OC(C)(C)C)[nH]n1. The fourth-order valence-corrected chi connectivity index (χ4v) is 2.02. The van der Waals surface area contributed by atoms with Gasteiger partial charge in [0.25, 0.3) is 0 Å². The second kappa shape index (κ2) is 5.23. The topological polar surface area (TPSA) is 67.0 Å². The number of H-pyrrole nitrogens is 1. The lowest BCUT2D eigenvalue weighted by molar-refractivity contribution is 0.0498. The highest BCUT2D eigenvalue weighted by atomic mass is 16.6. The maximum Gasteiger partial charge on any atom is 0.408 e. The van der Waals surface area contributed by atoms with Crippen LogP contribution in [0.2, 0.25) is 0 Å². The van der Waals surface area contributed by atoms with Crippen LogP contribution in [0.1, 0.15) is 57.5 Å². The van der Waals surface area contributed by atoms with Crippen LogP contribution in [0, 0.1) is 12.8 Å². The van der Waals surface area contributed by atoms with Crippen molar-refractivity contribution in [1.82, 2.24) is 15.5 Å². The molecule has 5 nitrogen and oxygen atoms in total. The number of hydrogen-bond donors (Lipinski definition) is 2. The van der Waals surface area contributed by atoms with Crippen LogP contribution in [-0.4, -0.2) is 21.9 Å². The minimum Gasteiger partial charge on any atom is -0.444 e. The fraction of sp³-hybridized carbons (Fsp3) is 0.714. The summed E-state index contributed by atoms with van der Waals surface area (Å²) in [5.41, 5.74) is 1.41. The van der Waals surface area contributed by atoms with E-state index in [0.717, 1.165) is 17.8 Å². The molecule has 1 amide bonds. The lowest BCUT2D eigenvalue weighted by atomic mass is 10.1. The number of carbonyl (C=O) groups is 1. The van der Waals surface area contributed by atoms with Crippen LogP contribution in [0.15, 0.2) is 6.07 Å². The molecule has 2 rings (SSSR count). The standard InChI is InChI=1S/C14H23N3O2/c1-9-7-12(17-16-9)11(8-10-5-6-10)15-13(18)19-14(2,3)4/h7,10-11H,5-6,8H2,1-4H3,(H,15,18)(H,16,17)/t11-/m0/s1. The Hall–Kier alpha value is -1.52. The van der Waals surface area contributed by atoms with E-state index in [1.54, 1.807) is 0 Å². The van der Waals surface area contributed by atoms with E-state index in [4.69, 9.17) is 4.74 Å². The molecule has 1 aliphatic carbocycles. The molecule has 1 aromatic rings. The van der Waals surface area contributed by atoms with Gasteiger partial charge in [0.2, 0.25) is 0 Å². The van der Waals surface area contributed by atoms with Crippen LogP contribution in [0.25, 0.3) is 0 Å². The average molecular weight is 265 g/mol. The van der Waals surface area contributed by atoms with Crippen molar-refractivity contribution in [2.24, 2.45) is 5.92 Å². The highest BCUT2D eigenvalue weighted by Crippen LogP contribution is 2.37. The van der Waals surface area contributed by atoms with Crippen molar-refractivity contribution in [3.63, 3.8) is 0 Å². The van der Waals surface area contributed by atoms with Gasteiger partial charge in [-0.25, -0.2) is 4.79 Å². The van der Waals surface area contributed by atoms with Crippen molar-refractivity contribution in [1.29, 1.82) is 0 Å². The zero-order valence-corrected chi connectivity index (χ0v) is 12.1. The van der Waals surface area contributed by atoms with Gasteiger partial charge in [-0.1, -0.05) is 12.8 Å². The van der Waals surface area contributed by atoms with Crippen molar-refractivity contribution >= 4 is 6.09 Å². The first kappa shape index (κ1) is 13.9. The molecule has 19 heavy (non-hydrogen) atoms. The van der Waals surface area contributed by atoms with Gasteiger partial charge in [-0.05, 0) is 46.1 Å². The number of carbonyl (C=O) groups excluding carboxylic acids is 1. The summed E-state index contributed by atoms with van der Waals surface area (Å²) in [6.45, 7) is 7.52. The molecule has 106 valence electrons. The van der Waals surface area contributed by atoms with E-state index in [1.165, 1.54) is 12.8 Å². The molecular weight excluding hydrogens is 242 g/mol. The van der Waals surface area contributed by atoms with Gasteiger partial charge in [-0.2, -0.15) is 5.10 Å². The van der Waals surface area contributed by atoms with Crippen molar-refractivity contribution in [2.75, 3.05) is 0 Å². The minimum atomic E-state index is -0.474. The maximum absolute atomic E-state index is 11.9. The first-order valence-electron chi connectivity index (χ1n) is 6.85. The van der Waals surface area contributed by atoms with Gasteiger partial charge in [-0.15, -0.1) is 0 Å². The molecule has 0 saturated heterocycles. The molecule has 5 heteroatoms. The largest absolute Gasteiger partial charge is 0.444 e. The Balaban J connectivity index is 1.99. The van der Waals surface area contributed by atoms with Gasteiger partial charge < -0.3 is 10.1 Å². The Labute approximate surface area is 114 Å². The van der Waals surface area contributed by atoms with E-state index >= 15 is 0 Å². The van der Waals surface area contributed by atoms with Crippen LogP contribution < -0.4 is 5.32 Å². The summed E-state index contributed by atoms with van der Waals surface area (Å²) in [6.07, 6.45) is 3.07. The maximum atomic E-state index is 11.9. The van der Waals surface area contributed by atoms with Crippen LogP contribution in [-0.2, 0) is 4.74 Å². The number of ether oxygens (including phenoxy) is 1. The molecule has 2 N–H and O–H groups in total. The molecule has 0 aromatic carbocycles. The molecule has 1 atom stereocenters. The van der Waals surface area contributed by atoms with Gasteiger partial charge in [0.05, 0.1) is 17.4 Å². The number of nitrogens with zero attached hydrogens (tertiary/aromatic N) is 1. The second-order valence-electron chi connectivity index (χ2n) is 6.34. The Morgan fingerprint density at radius 1 is 1.58 bits per heavy atom. The van der Waals surface area contributed by atoms with E-state index in [2.05, 4.69) is 15.5 Å². The molecule has 1 saturated carbocycles. The third-order valence-electron chi connectivity index (χ3n) is 3.06. The lowest BCUT2D eigenvalue weighted by Gasteiger charge is -2.23. The van der Waals surface area contributed by atoms with Crippen molar-refractivity contribution in [2.45, 2.75) is 58.6 Å². The number of alkyl carbamates (subject to hydrolysis) is 1. The molecule has 0 bridgehead atoms. The summed E-state index contributed by atoms with van der Waals surface area (Å²) in [5, 5.41) is 10.1. The van der Waals surface area contributed by atoms with E-state index in [-0.39, 0.29) is 12.1 Å². The highest BCUT2D eigenvalue weighted by Gasteiger charge is 2.29. The van der Waals surface area contributed by atoms with E-state index in [0.29, 0.717) is 5.92 Å². The van der Waals surface area contributed by atoms with Gasteiger partial charge in [-0.3, -0.25) is 5.10 Å². The van der Waals surface area contributed by atoms with Gasteiger partial charge in [0.15, 0.2) is 0 Å². The summed E-state index contributed by atoms with van der Waals surface area (Å²) in [7, 11) is 0. The normalized spacial score (nSPS) is 17.1. The Morgan fingerprint density at radius 2 is 2.26 bits per heavy atom. The fourth-order valence-electron chi connectivity index (χ4n) is 2.02. The van der Waals surface area contributed by atoms with Crippen molar-refractivity contribution < 1.29 is 9.53 Å². The summed E-state index contributed by atoms with van der Waals surface area (Å²) in [6, 6.07) is 1.94. The number of aryl methyl sites for hydroxylation is 1. The summed E-state index contributed by atoms with van der Waals surface area (Å²) >= 11 is 0. The molecule has 1 fully saturated rings. The predicted octanol–water partition coefficient (Wildman–Crippen LogP) is 3.08. The molecule has 1 aliphatic rings. The third kappa shape index (κ3) is 4.58. The monoisotopic (exact) mass is 265 g/mol. The smallest absolute Gasteiger partial charge is 0.408 e. The first-order chi connectivity index (χ1) is 8.83. The second-order valence-corrected chi connectivity index (χ2v) is 6.34. The number of aromatic amines is 1. The van der Waals surface area contributed by atoms with Gasteiger partial charge in [0, 0.05) is 0 Å². The van der Waals surface area contributed by atoms with E-state index in [9.17, 15) is 4.79 Å². The van der Waals surface area contributed by atoms with Crippen LogP contribution in [0.4, 0.5) is 4.79 Å². The number of rotatable bonds is 4. The predicted molar refractivity (Wildman–Crippen MR) is 72.8 cm³/mol. The van der Waals surface area contributed by atoms with Crippen LogP contribution >= 0.6 is 0 Å². The highest BCUT2D eigenvalue weighted by molar-refractivity contribution is 5.68. The molecular formula is C14H23N3O2. The minimum absolute atomic E-state index is 0.0384. The lowest BCUT2D eigenvalue weighted by Crippen LogP contribution is -2.35. The number of aromatic nitrogens is 2. The molecule has 0 aliphatic heterocycles. The molecule has 0 radical (unpaired) electrons. The zero-order chi connectivity index (χ0) is 14.0. The molecule has 1 heterocycles. The van der Waals surface area contributed by atoms with Crippen LogP contribution in [0.5, 0.6) is 0 Å². The number of nitrogens with one attached hydrogen (secondary N) is 2. The average Bonchev–Trinajstić information content (AvgIpc) is 2.95. The first-order valence-corrected chi connectivity index (χ1v) is 6.85. The quantitative estimate of drug-likeness (QED) is 0.879. The molecule has 0 spiro atoms. The molecule has 0 unspecified atom stereocenters. The Bertz CT molecular complexity index is 444. The van der Waals surface area contributed by atoms with Crippen LogP contribution in [0.3, 0.4) is 0 Å². The van der Waals surface area contributed by atoms with E-state index < -0.39 is 5.60 Å². The van der Waals surface area contributed by atoms with Crippen molar-refractivity contribution in [3.8, 4) is 0 Å². The van der Waals surface area contributed by atoms with Crippen molar-refractivity contribution in [3.05, 3.63) is 17.5 Å².